The van der Waals surface area contributed by atoms with Crippen molar-refractivity contribution in [2.24, 2.45) is 5.92 Å². The molecule has 0 saturated carbocycles. The first-order valence-corrected chi connectivity index (χ1v) is 9.13. The second-order valence-electron chi connectivity index (χ2n) is 6.87. The summed E-state index contributed by atoms with van der Waals surface area (Å²) in [5.41, 5.74) is -0.227. The van der Waals surface area contributed by atoms with Gasteiger partial charge in [0.05, 0.1) is 22.5 Å². The Morgan fingerprint density at radius 3 is 2.54 bits per heavy atom. The molecule has 0 spiro atoms. The molecule has 0 aromatic heterocycles. The van der Waals surface area contributed by atoms with Gasteiger partial charge in [-0.2, -0.15) is 13.2 Å². The Bertz CT molecular complexity index is 872. The predicted molar refractivity (Wildman–Crippen MR) is 96.6 cm³/mol. The lowest BCUT2D eigenvalue weighted by atomic mass is 9.90. The van der Waals surface area contributed by atoms with Crippen LogP contribution in [0.15, 0.2) is 42.5 Å². The maximum atomic E-state index is 13.8. The van der Waals surface area contributed by atoms with Crippen LogP contribution in [0.2, 0.25) is 5.02 Å². The molecule has 150 valence electrons. The number of alkyl halides is 3. The number of likely N-dealkylation sites (tertiary alicyclic amines) is 1. The molecule has 8 heteroatoms. The summed E-state index contributed by atoms with van der Waals surface area (Å²) < 4.78 is 53.8. The van der Waals surface area contributed by atoms with Gasteiger partial charge in [0.15, 0.2) is 0 Å². The van der Waals surface area contributed by atoms with Gasteiger partial charge in [0.1, 0.15) is 5.82 Å². The lowest BCUT2D eigenvalue weighted by Crippen LogP contribution is -2.41. The first kappa shape index (κ1) is 20.6. The minimum atomic E-state index is -4.63. The number of rotatable bonds is 4. The molecule has 2 aromatic carbocycles. The molecule has 1 aliphatic rings. The van der Waals surface area contributed by atoms with Gasteiger partial charge in [-0.3, -0.25) is 9.69 Å². The van der Waals surface area contributed by atoms with Crippen LogP contribution in [0.4, 0.5) is 17.6 Å². The average Bonchev–Trinajstić information content (AvgIpc) is 2.63. The van der Waals surface area contributed by atoms with Crippen LogP contribution in [0.25, 0.3) is 0 Å². The fourth-order valence-corrected chi connectivity index (χ4v) is 3.89. The number of nitrogens with zero attached hydrogens (tertiary/aromatic N) is 1. The molecule has 2 unspecified atom stereocenters. The van der Waals surface area contributed by atoms with Gasteiger partial charge in [0, 0.05) is 6.54 Å². The van der Waals surface area contributed by atoms with Crippen molar-refractivity contribution in [1.82, 2.24) is 4.90 Å². The molecule has 0 bridgehead atoms. The Hall–Kier alpha value is -2.12. The Morgan fingerprint density at radius 1 is 1.18 bits per heavy atom. The molecule has 1 fully saturated rings. The highest BCUT2D eigenvalue weighted by Crippen LogP contribution is 2.39. The Labute approximate surface area is 164 Å². The van der Waals surface area contributed by atoms with Gasteiger partial charge in [-0.25, -0.2) is 4.39 Å². The zero-order valence-electron chi connectivity index (χ0n) is 14.7. The van der Waals surface area contributed by atoms with Crippen molar-refractivity contribution in [3.63, 3.8) is 0 Å². The van der Waals surface area contributed by atoms with Crippen molar-refractivity contribution >= 4 is 17.6 Å². The lowest BCUT2D eigenvalue weighted by Gasteiger charge is -2.38. The molecule has 2 aromatic rings. The van der Waals surface area contributed by atoms with Crippen molar-refractivity contribution in [1.29, 1.82) is 0 Å². The summed E-state index contributed by atoms with van der Waals surface area (Å²) in [6, 6.07) is 8.51. The van der Waals surface area contributed by atoms with E-state index in [-0.39, 0.29) is 12.1 Å². The Kier molecular flexibility index (Phi) is 5.95. The molecule has 1 aliphatic heterocycles. The number of hydrogen-bond donors (Lipinski definition) is 1. The molecule has 3 rings (SSSR count). The average molecular weight is 416 g/mol. The van der Waals surface area contributed by atoms with Gasteiger partial charge in [-0.15, -0.1) is 0 Å². The second kappa shape index (κ2) is 8.09. The van der Waals surface area contributed by atoms with Crippen LogP contribution >= 0.6 is 11.6 Å². The highest BCUT2D eigenvalue weighted by molar-refractivity contribution is 6.31. The number of hydrogen-bond acceptors (Lipinski definition) is 2. The maximum absolute atomic E-state index is 13.8. The largest absolute Gasteiger partial charge is 0.481 e. The highest BCUT2D eigenvalue weighted by Gasteiger charge is 2.36. The summed E-state index contributed by atoms with van der Waals surface area (Å²) in [4.78, 5) is 13.2. The third-order valence-corrected chi connectivity index (χ3v) is 5.27. The van der Waals surface area contributed by atoms with Gasteiger partial charge >= 0.3 is 12.1 Å². The van der Waals surface area contributed by atoms with Gasteiger partial charge in [0.25, 0.3) is 0 Å². The van der Waals surface area contributed by atoms with Crippen LogP contribution in [-0.2, 0) is 11.0 Å². The number of carboxylic acids is 1. The summed E-state index contributed by atoms with van der Waals surface area (Å²) in [5.74, 6) is -2.09. The smallest absolute Gasteiger partial charge is 0.417 e. The molecule has 1 saturated heterocycles. The Morgan fingerprint density at radius 2 is 1.89 bits per heavy atom. The molecule has 0 amide bonds. The summed E-state index contributed by atoms with van der Waals surface area (Å²) in [6.07, 6.45) is -3.55. The molecule has 0 radical (unpaired) electrons. The Balaban J connectivity index is 2.08. The van der Waals surface area contributed by atoms with E-state index in [4.69, 9.17) is 11.6 Å². The normalized spacial score (nSPS) is 19.4. The van der Waals surface area contributed by atoms with Gasteiger partial charge in [0.2, 0.25) is 0 Å². The van der Waals surface area contributed by atoms with Crippen molar-refractivity contribution in [3.8, 4) is 0 Å². The second-order valence-corrected chi connectivity index (χ2v) is 7.27. The topological polar surface area (TPSA) is 40.5 Å². The van der Waals surface area contributed by atoms with E-state index in [1.165, 1.54) is 30.3 Å². The van der Waals surface area contributed by atoms with Crippen molar-refractivity contribution in [2.45, 2.75) is 25.1 Å². The van der Waals surface area contributed by atoms with Crippen LogP contribution < -0.4 is 0 Å². The van der Waals surface area contributed by atoms with Crippen LogP contribution in [0, 0.1) is 11.7 Å². The number of aliphatic carboxylic acids is 1. The van der Waals surface area contributed by atoms with E-state index in [1.807, 2.05) is 0 Å². The van der Waals surface area contributed by atoms with E-state index in [1.54, 1.807) is 11.0 Å². The van der Waals surface area contributed by atoms with E-state index in [0.717, 1.165) is 6.07 Å². The van der Waals surface area contributed by atoms with E-state index in [0.29, 0.717) is 24.9 Å². The standard InChI is InChI=1S/C20H18ClF4NO2/c21-17-7-6-13(10-16(17)20(23,24)25)18(12-3-1-5-15(22)9-12)26-8-2-4-14(11-26)19(27)28/h1,3,5-7,9-10,14,18H,2,4,8,11H2,(H,27,28). The SMILES string of the molecule is O=C(O)C1CCCN(C(c2cccc(F)c2)c2ccc(Cl)c(C(F)(F)F)c2)C1. The van der Waals surface area contributed by atoms with Crippen molar-refractivity contribution in [2.75, 3.05) is 13.1 Å². The third kappa shape index (κ3) is 4.47. The van der Waals surface area contributed by atoms with Gasteiger partial charge in [-0.1, -0.05) is 29.8 Å². The lowest BCUT2D eigenvalue weighted by molar-refractivity contribution is -0.143. The number of halogens is 5. The van der Waals surface area contributed by atoms with Crippen molar-refractivity contribution < 1.29 is 27.5 Å². The van der Waals surface area contributed by atoms with E-state index in [2.05, 4.69) is 0 Å². The molecular formula is C20H18ClF4NO2. The fraction of sp³-hybridized carbons (Fsp3) is 0.350. The summed E-state index contributed by atoms with van der Waals surface area (Å²) >= 11 is 5.74. The zero-order chi connectivity index (χ0) is 20.5. The van der Waals surface area contributed by atoms with Crippen LogP contribution in [-0.4, -0.2) is 29.1 Å². The maximum Gasteiger partial charge on any atom is 0.417 e. The fourth-order valence-electron chi connectivity index (χ4n) is 3.66. The number of carboxylic acid groups (broad SMARTS) is 1. The van der Waals surface area contributed by atoms with E-state index in [9.17, 15) is 27.5 Å². The van der Waals surface area contributed by atoms with Crippen LogP contribution in [0.1, 0.15) is 35.6 Å². The van der Waals surface area contributed by atoms with Gasteiger partial charge in [-0.05, 0) is 54.8 Å². The molecule has 1 heterocycles. The summed E-state index contributed by atoms with van der Waals surface area (Å²) in [7, 11) is 0. The van der Waals surface area contributed by atoms with Crippen LogP contribution in [0.3, 0.4) is 0 Å². The first-order valence-electron chi connectivity index (χ1n) is 8.76. The molecule has 3 nitrogen and oxygen atoms in total. The van der Waals surface area contributed by atoms with Gasteiger partial charge < -0.3 is 5.11 Å². The van der Waals surface area contributed by atoms with E-state index < -0.39 is 40.5 Å². The van der Waals surface area contributed by atoms with Crippen molar-refractivity contribution in [3.05, 3.63) is 70.0 Å². The minimum absolute atomic E-state index is 0.167. The predicted octanol–water partition coefficient (Wildman–Crippen LogP) is 5.38. The molecule has 28 heavy (non-hydrogen) atoms. The highest BCUT2D eigenvalue weighted by atomic mass is 35.5. The number of piperidine rings is 1. The zero-order valence-corrected chi connectivity index (χ0v) is 15.5. The van der Waals surface area contributed by atoms with Crippen LogP contribution in [0.5, 0.6) is 0 Å². The summed E-state index contributed by atoms with van der Waals surface area (Å²) in [5, 5.41) is 8.94. The third-order valence-electron chi connectivity index (χ3n) is 4.94. The number of carbonyl (C=O) groups is 1. The molecule has 1 N–H and O–H groups in total. The first-order chi connectivity index (χ1) is 13.2. The summed E-state index contributed by atoms with van der Waals surface area (Å²) in [6.45, 7) is 0.662. The molecule has 0 aliphatic carbocycles. The number of benzene rings is 2. The molecular weight excluding hydrogens is 398 g/mol. The monoisotopic (exact) mass is 415 g/mol. The minimum Gasteiger partial charge on any atom is -0.481 e. The quantitative estimate of drug-likeness (QED) is 0.681. The van der Waals surface area contributed by atoms with E-state index >= 15 is 0 Å². The molecule has 2 atom stereocenters.